The third kappa shape index (κ3) is 30.6. The Morgan fingerprint density at radius 2 is 0.844 bits per heavy atom. The van der Waals surface area contributed by atoms with Crippen LogP contribution in [0.2, 0.25) is 0 Å². The Kier molecular flexibility index (Phi) is 90.2. The van der Waals surface area contributed by atoms with Crippen molar-refractivity contribution < 1.29 is 632 Å². The maximum Gasteiger partial charge on any atom is 0.218 e. The van der Waals surface area contributed by atoms with E-state index in [-0.39, 0.29) is 655 Å². The summed E-state index contributed by atoms with van der Waals surface area (Å²) in [6.45, 7) is -1.00. The monoisotopic (exact) mass is 2310 g/mol. The van der Waals surface area contributed by atoms with Crippen LogP contribution >= 0.6 is 0 Å². The molecule has 18 nitrogen and oxygen atoms in total. The van der Waals surface area contributed by atoms with Crippen molar-refractivity contribution >= 4 is 33.5 Å². The molecule has 297 valence electrons. The first-order valence-electron chi connectivity index (χ1n) is 16.2. The molecule has 0 saturated heterocycles. The van der Waals surface area contributed by atoms with Gasteiger partial charge in [0.2, 0.25) is 17.1 Å². The van der Waals surface area contributed by atoms with E-state index in [0.717, 1.165) is 29.8 Å². The van der Waals surface area contributed by atoms with Crippen LogP contribution in [0, 0.1) is 60.3 Å². The second kappa shape index (κ2) is 60.8. The molecule has 19 radical (unpaired) electrons. The average molecular weight is 2310 g/mol. The number of nitrogens with zero attached hydrogens (tertiary/aromatic N) is 12. The average Bonchev–Trinajstić information content (AvgIpc) is 3.76. The quantitative estimate of drug-likeness (QED) is 0.184. The third-order valence-corrected chi connectivity index (χ3v) is 6.18. The Morgan fingerprint density at radius 3 is 1.23 bits per heavy atom. The van der Waals surface area contributed by atoms with E-state index in [4.69, 9.17) is 11.0 Å². The van der Waals surface area contributed by atoms with Crippen LogP contribution in [0.3, 0.4) is 0 Å². The molecule has 6 rings (SSSR count). The van der Waals surface area contributed by atoms with E-state index in [2.05, 4.69) is 62.1 Å². The van der Waals surface area contributed by atoms with Crippen molar-refractivity contribution in [3.8, 4) is 0 Å². The van der Waals surface area contributed by atoms with Gasteiger partial charge >= 0.3 is 0 Å². The molecule has 0 unspecified atom stereocenters. The topological polar surface area (TPSA) is 185 Å². The Bertz CT molecular complexity index is 2810. The first-order chi connectivity index (χ1) is 24.3. The maximum absolute atomic E-state index is 12.0. The fourth-order valence-electron chi connectivity index (χ4n) is 3.99. The molecular formula is C27H27N12O6Y19-9. The van der Waals surface area contributed by atoms with Gasteiger partial charge in [-0.25, -0.2) is 0 Å². The standard InChI is InChI=1S/3C9H9N4O2.19Y/c3*1-4-13-8(14)6-7(10-5-11(6)2)12(3)9(13)15;;;;;;;;;;;;;;;;;;;/h4H,3H2,1-2H3;4H,2H2,1,3H3;2-4H2,1H3;;;;;;;;;;;;;;;;;;;/q3*-3;;;;;;;;;;;;;;;;;;;/i2D3;3D3;4D2;;;;;;;;;;;;;;;;;;;. The predicted octanol–water partition coefficient (Wildman–Crippen LogP) is -1.86. The fourth-order valence-corrected chi connectivity index (χ4v) is 3.99. The largest absolute Gasteiger partial charge is 0.577 e. The van der Waals surface area contributed by atoms with Crippen molar-refractivity contribution in [1.82, 2.24) is 56.1 Å². The molecule has 0 bridgehead atoms. The van der Waals surface area contributed by atoms with Crippen LogP contribution in [0.5, 0.6) is 0 Å². The molecular weight excluding hydrogens is 2280 g/mol. The molecule has 0 aromatic carbocycles. The van der Waals surface area contributed by atoms with Gasteiger partial charge in [0.25, 0.3) is 0 Å². The van der Waals surface area contributed by atoms with E-state index in [9.17, 15) is 28.8 Å². The molecule has 6 heterocycles. The molecule has 6 aromatic heterocycles. The summed E-state index contributed by atoms with van der Waals surface area (Å²) in [6.07, 6.45) is 6.90. The van der Waals surface area contributed by atoms with Gasteiger partial charge in [-0.1, -0.05) is 31.2 Å². The summed E-state index contributed by atoms with van der Waals surface area (Å²) in [7, 11) is 13.8. The van der Waals surface area contributed by atoms with Crippen LogP contribution in [0.15, 0.2) is 28.8 Å². The van der Waals surface area contributed by atoms with Crippen LogP contribution in [-0.4, -0.2) is 56.1 Å². The molecule has 0 aliphatic carbocycles. The zero-order valence-corrected chi connectivity index (χ0v) is 88.7. The number of fused-ring (bicyclic) bond motifs is 3. The fraction of sp³-hybridized carbons (Fsp3) is 0.222. The summed E-state index contributed by atoms with van der Waals surface area (Å²) < 4.78 is 65.6. The van der Waals surface area contributed by atoms with Crippen molar-refractivity contribution in [3.05, 3.63) is 123 Å². The summed E-state index contributed by atoms with van der Waals surface area (Å²) in [5, 5.41) is 0. The van der Waals surface area contributed by atoms with Crippen LogP contribution in [0.1, 0.15) is 31.7 Å². The molecule has 6 aromatic rings. The van der Waals surface area contributed by atoms with Crippen LogP contribution < -0.4 is 33.7 Å². The molecule has 37 heteroatoms. The first-order valence-corrected chi connectivity index (χ1v) is 12.2. The summed E-state index contributed by atoms with van der Waals surface area (Å²) >= 11 is 0. The van der Waals surface area contributed by atoms with Gasteiger partial charge in [0.1, 0.15) is 5.56 Å². The minimum Gasteiger partial charge on any atom is -0.577 e. The summed E-state index contributed by atoms with van der Waals surface area (Å²) in [5.41, 5.74) is -5.47. The van der Waals surface area contributed by atoms with E-state index in [1.54, 1.807) is 0 Å². The zero-order valence-electron chi connectivity index (χ0n) is 42.8. The number of aryl methyl sites for hydroxylation is 2. The van der Waals surface area contributed by atoms with Crippen LogP contribution in [0.25, 0.3) is 33.5 Å². The molecule has 0 fully saturated rings. The van der Waals surface area contributed by atoms with E-state index >= 15 is 0 Å². The number of hydrogen-bond donors (Lipinski definition) is 0. The predicted molar refractivity (Wildman–Crippen MR) is 163 cm³/mol. The van der Waals surface area contributed by atoms with Crippen molar-refractivity contribution in [1.29, 1.82) is 0 Å². The Hall–Kier alpha value is 14.6. The molecule has 0 amide bonds. The molecule has 0 atom stereocenters. The first kappa shape index (κ1) is 95.0. The van der Waals surface area contributed by atoms with E-state index < -0.39 is 54.2 Å². The Morgan fingerprint density at radius 1 is 0.500 bits per heavy atom. The van der Waals surface area contributed by atoms with Gasteiger partial charge in [-0.05, 0) is 32.2 Å². The van der Waals surface area contributed by atoms with E-state index in [0.29, 0.717) is 18.3 Å². The molecule has 0 saturated carbocycles. The SMILES string of the molecule is [2H]C([2H])(C)n1c(=O)c2c(n[c-]n2[CH2-])n([CH2-])c1=O.[2H]C([2H])([2H])n1[c-]nc2c1c(=O)n([CH-]C)c(=O)n2[CH2-].[2H]C([2H])([2H])n1c(=O)n([CH-]C)c(=O)c2c1n[c-]n2[CH2-].[Y].[Y].[Y].[Y].[Y].[Y].[Y].[Y].[Y].[Y].[Y].[Y].[Y].[Y].[Y].[Y].[Y].[Y].[Y]. The third-order valence-electron chi connectivity index (χ3n) is 6.18. The minimum atomic E-state index is -2.74. The van der Waals surface area contributed by atoms with Gasteiger partial charge in [0, 0.05) is 645 Å². The molecule has 0 N–H and O–H groups in total. The van der Waals surface area contributed by atoms with Gasteiger partial charge in [-0.3, -0.25) is 4.79 Å². The van der Waals surface area contributed by atoms with Gasteiger partial charge in [0.15, 0.2) is 5.56 Å². The van der Waals surface area contributed by atoms with Gasteiger partial charge in [-0.2, -0.15) is 19.6 Å². The molecule has 0 spiro atoms. The van der Waals surface area contributed by atoms with Crippen LogP contribution in [0.4, 0.5) is 0 Å². The number of imidazole rings is 3. The van der Waals surface area contributed by atoms with Gasteiger partial charge in [0.05, 0.1) is 5.56 Å². The van der Waals surface area contributed by atoms with Gasteiger partial charge in [-0.15, -0.1) is 39.2 Å². The summed E-state index contributed by atoms with van der Waals surface area (Å²) in [5.74, 6) is 0. The minimum absolute atomic E-state index is 0. The molecule has 64 heavy (non-hydrogen) atoms. The van der Waals surface area contributed by atoms with Crippen molar-refractivity contribution in [3.63, 3.8) is 0 Å². The van der Waals surface area contributed by atoms with E-state index in [1.807, 2.05) is 0 Å². The van der Waals surface area contributed by atoms with Crippen molar-refractivity contribution in [2.75, 3.05) is 0 Å². The van der Waals surface area contributed by atoms with Crippen LogP contribution in [-0.2, 0) is 642 Å². The smallest absolute Gasteiger partial charge is 0.218 e. The molecule has 0 aliphatic rings. The molecule has 0 aliphatic heterocycles. The Labute approximate surface area is 861 Å². The second-order valence-electron chi connectivity index (χ2n) is 8.61. The van der Waals surface area contributed by atoms with Crippen molar-refractivity contribution in [2.24, 2.45) is 14.0 Å². The second-order valence-corrected chi connectivity index (χ2v) is 8.61. The number of hydrogen-bond acceptors (Lipinski definition) is 9. The van der Waals surface area contributed by atoms with Gasteiger partial charge < -0.3 is 80.0 Å². The number of aromatic nitrogens is 12. The number of rotatable bonds is 3. The normalized spacial score (nSPS) is 10.1. The Balaban J connectivity index is -0.0000000412. The maximum atomic E-state index is 12.0. The summed E-state index contributed by atoms with van der Waals surface area (Å²) in [4.78, 5) is 82.4. The van der Waals surface area contributed by atoms with E-state index in [1.165, 1.54) is 26.9 Å². The zero-order chi connectivity index (χ0) is 40.3. The van der Waals surface area contributed by atoms with Crippen molar-refractivity contribution in [2.45, 2.75) is 27.3 Å². The summed E-state index contributed by atoms with van der Waals surface area (Å²) in [6, 6.07) is 0.